The molecule has 8 heteroatoms. The highest BCUT2D eigenvalue weighted by atomic mass is 79.9. The standard InChI is InChI=1S/C19H14BrN3O2S2/c1-25-13-4-5-14-16(9-13)27-19(22-14)23(11-12-3-2-8-21-10-12)18(24)15-6-7-17(20)26-15/h2-10H,11H2,1H3. The number of methoxy groups -OCH3 is 1. The van der Waals surface area contributed by atoms with Crippen molar-refractivity contribution in [2.24, 2.45) is 0 Å². The predicted molar refractivity (Wildman–Crippen MR) is 113 cm³/mol. The maximum absolute atomic E-state index is 13.2. The van der Waals surface area contributed by atoms with Crippen LogP contribution in [0.1, 0.15) is 15.2 Å². The summed E-state index contributed by atoms with van der Waals surface area (Å²) >= 11 is 6.31. The summed E-state index contributed by atoms with van der Waals surface area (Å²) in [6.07, 6.45) is 3.48. The molecular weight excluding hydrogens is 446 g/mol. The molecule has 0 radical (unpaired) electrons. The Morgan fingerprint density at radius 1 is 1.22 bits per heavy atom. The molecule has 3 heterocycles. The summed E-state index contributed by atoms with van der Waals surface area (Å²) in [5.41, 5.74) is 1.78. The Hall–Kier alpha value is -2.29. The molecule has 0 spiro atoms. The number of benzene rings is 1. The van der Waals surface area contributed by atoms with Gasteiger partial charge in [0.05, 0.1) is 32.5 Å². The topological polar surface area (TPSA) is 55.3 Å². The normalized spacial score (nSPS) is 10.9. The van der Waals surface area contributed by atoms with E-state index in [1.165, 1.54) is 22.7 Å². The van der Waals surface area contributed by atoms with Crippen LogP contribution in [-0.4, -0.2) is 23.0 Å². The molecule has 0 aliphatic carbocycles. The summed E-state index contributed by atoms with van der Waals surface area (Å²) < 4.78 is 7.18. The van der Waals surface area contributed by atoms with E-state index < -0.39 is 0 Å². The quantitative estimate of drug-likeness (QED) is 0.402. The molecule has 0 aliphatic heterocycles. The molecule has 4 aromatic rings. The number of carbonyl (C=O) groups is 1. The van der Waals surface area contributed by atoms with Crippen molar-refractivity contribution in [3.63, 3.8) is 0 Å². The number of fused-ring (bicyclic) bond motifs is 1. The van der Waals surface area contributed by atoms with Crippen molar-refractivity contribution in [2.45, 2.75) is 6.54 Å². The van der Waals surface area contributed by atoms with Crippen LogP contribution in [0.4, 0.5) is 5.13 Å². The van der Waals surface area contributed by atoms with Crippen LogP contribution in [0.25, 0.3) is 10.2 Å². The monoisotopic (exact) mass is 459 g/mol. The number of rotatable bonds is 5. The summed E-state index contributed by atoms with van der Waals surface area (Å²) in [6, 6.07) is 13.2. The molecule has 0 bridgehead atoms. The number of thiophene rings is 1. The third kappa shape index (κ3) is 3.87. The second-order valence-corrected chi connectivity index (χ2v) is 9.16. The fourth-order valence-corrected chi connectivity index (χ4v) is 4.92. The average Bonchev–Trinajstić information content (AvgIpc) is 3.31. The van der Waals surface area contributed by atoms with E-state index in [0.29, 0.717) is 16.6 Å². The van der Waals surface area contributed by atoms with Crippen LogP contribution < -0.4 is 9.64 Å². The Morgan fingerprint density at radius 3 is 2.81 bits per heavy atom. The highest BCUT2D eigenvalue weighted by Crippen LogP contribution is 2.34. The zero-order valence-corrected chi connectivity index (χ0v) is 17.5. The Bertz CT molecular complexity index is 1090. The molecule has 4 rings (SSSR count). The van der Waals surface area contributed by atoms with E-state index in [0.717, 1.165) is 25.3 Å². The molecule has 0 saturated heterocycles. The van der Waals surface area contributed by atoms with Crippen molar-refractivity contribution in [1.29, 1.82) is 0 Å². The highest BCUT2D eigenvalue weighted by Gasteiger charge is 2.23. The van der Waals surface area contributed by atoms with E-state index in [1.54, 1.807) is 24.4 Å². The van der Waals surface area contributed by atoms with E-state index in [9.17, 15) is 4.79 Å². The molecule has 3 aromatic heterocycles. The van der Waals surface area contributed by atoms with E-state index in [2.05, 4.69) is 25.9 Å². The minimum atomic E-state index is -0.0828. The molecule has 1 aromatic carbocycles. The van der Waals surface area contributed by atoms with Crippen LogP contribution >= 0.6 is 38.6 Å². The van der Waals surface area contributed by atoms with Crippen molar-refractivity contribution in [2.75, 3.05) is 12.0 Å². The Balaban J connectivity index is 1.75. The largest absolute Gasteiger partial charge is 0.497 e. The molecular formula is C19H14BrN3O2S2. The van der Waals surface area contributed by atoms with Crippen LogP contribution in [0.3, 0.4) is 0 Å². The zero-order valence-electron chi connectivity index (χ0n) is 14.3. The molecule has 27 heavy (non-hydrogen) atoms. The lowest BCUT2D eigenvalue weighted by atomic mass is 10.2. The van der Waals surface area contributed by atoms with Gasteiger partial charge in [-0.15, -0.1) is 11.3 Å². The van der Waals surface area contributed by atoms with Gasteiger partial charge in [0.15, 0.2) is 5.13 Å². The second-order valence-electron chi connectivity index (χ2n) is 5.69. The number of ether oxygens (including phenoxy) is 1. The van der Waals surface area contributed by atoms with Gasteiger partial charge in [-0.25, -0.2) is 4.98 Å². The molecule has 0 atom stereocenters. The predicted octanol–water partition coefficient (Wildman–Crippen LogP) is 5.37. The number of amides is 1. The first kappa shape index (κ1) is 18.1. The number of aromatic nitrogens is 2. The Kier molecular flexibility index (Phi) is 5.20. The zero-order chi connectivity index (χ0) is 18.8. The fraction of sp³-hybridized carbons (Fsp3) is 0.105. The SMILES string of the molecule is COc1ccc2nc(N(Cc3cccnc3)C(=O)c3ccc(Br)s3)sc2c1. The molecule has 0 fully saturated rings. The number of hydrogen-bond donors (Lipinski definition) is 0. The van der Waals surface area contributed by atoms with Crippen molar-refractivity contribution < 1.29 is 9.53 Å². The third-order valence-electron chi connectivity index (χ3n) is 3.91. The summed E-state index contributed by atoms with van der Waals surface area (Å²) in [6.45, 7) is 0.402. The third-order valence-corrected chi connectivity index (χ3v) is 6.56. The first-order valence-electron chi connectivity index (χ1n) is 8.05. The van der Waals surface area contributed by atoms with Crippen LogP contribution in [0, 0.1) is 0 Å². The number of nitrogens with zero attached hydrogens (tertiary/aromatic N) is 3. The van der Waals surface area contributed by atoms with Gasteiger partial charge >= 0.3 is 0 Å². The van der Waals surface area contributed by atoms with Gasteiger partial charge in [0.25, 0.3) is 5.91 Å². The highest BCUT2D eigenvalue weighted by molar-refractivity contribution is 9.11. The number of halogens is 1. The minimum absolute atomic E-state index is 0.0828. The van der Waals surface area contributed by atoms with Gasteiger partial charge in [-0.2, -0.15) is 0 Å². The van der Waals surface area contributed by atoms with Crippen molar-refractivity contribution in [3.05, 3.63) is 69.1 Å². The lowest BCUT2D eigenvalue weighted by molar-refractivity contribution is 0.0989. The van der Waals surface area contributed by atoms with Gasteiger partial charge < -0.3 is 4.74 Å². The smallest absolute Gasteiger partial charge is 0.270 e. The van der Waals surface area contributed by atoms with Gasteiger partial charge in [-0.3, -0.25) is 14.7 Å². The molecule has 0 saturated carbocycles. The fourth-order valence-electron chi connectivity index (χ4n) is 2.60. The lowest BCUT2D eigenvalue weighted by Crippen LogP contribution is -2.29. The van der Waals surface area contributed by atoms with Gasteiger partial charge in [0.2, 0.25) is 0 Å². The van der Waals surface area contributed by atoms with E-state index >= 15 is 0 Å². The molecule has 0 aliphatic rings. The average molecular weight is 460 g/mol. The van der Waals surface area contributed by atoms with Gasteiger partial charge in [0, 0.05) is 12.4 Å². The second kappa shape index (κ2) is 7.75. The van der Waals surface area contributed by atoms with Gasteiger partial charge in [0.1, 0.15) is 5.75 Å². The van der Waals surface area contributed by atoms with Gasteiger partial charge in [-0.05, 0) is 57.9 Å². The molecule has 136 valence electrons. The number of thiazole rings is 1. The van der Waals surface area contributed by atoms with Crippen molar-refractivity contribution in [1.82, 2.24) is 9.97 Å². The summed E-state index contributed by atoms with van der Waals surface area (Å²) in [5, 5.41) is 0.650. The van der Waals surface area contributed by atoms with E-state index in [1.807, 2.05) is 42.5 Å². The Morgan fingerprint density at radius 2 is 2.11 bits per heavy atom. The number of anilines is 1. The Labute approximate surface area is 172 Å². The van der Waals surface area contributed by atoms with Gasteiger partial charge in [-0.1, -0.05) is 17.4 Å². The maximum atomic E-state index is 13.2. The number of carbonyl (C=O) groups excluding carboxylic acids is 1. The summed E-state index contributed by atoms with van der Waals surface area (Å²) in [4.78, 5) is 24.4. The lowest BCUT2D eigenvalue weighted by Gasteiger charge is -2.19. The van der Waals surface area contributed by atoms with E-state index in [-0.39, 0.29) is 5.91 Å². The molecule has 5 nitrogen and oxygen atoms in total. The van der Waals surface area contributed by atoms with Crippen LogP contribution in [0.2, 0.25) is 0 Å². The van der Waals surface area contributed by atoms with Crippen molar-refractivity contribution in [3.8, 4) is 5.75 Å². The van der Waals surface area contributed by atoms with Crippen LogP contribution in [0.5, 0.6) is 5.75 Å². The number of hydrogen-bond acceptors (Lipinski definition) is 6. The molecule has 0 unspecified atom stereocenters. The van der Waals surface area contributed by atoms with Crippen LogP contribution in [-0.2, 0) is 6.54 Å². The maximum Gasteiger partial charge on any atom is 0.270 e. The summed E-state index contributed by atoms with van der Waals surface area (Å²) in [5.74, 6) is 0.686. The summed E-state index contributed by atoms with van der Waals surface area (Å²) in [7, 11) is 1.63. The van der Waals surface area contributed by atoms with E-state index in [4.69, 9.17) is 4.74 Å². The molecule has 1 amide bonds. The molecule has 0 N–H and O–H groups in total. The first-order chi connectivity index (χ1) is 13.1. The van der Waals surface area contributed by atoms with Crippen molar-refractivity contribution >= 4 is 59.9 Å². The van der Waals surface area contributed by atoms with Crippen LogP contribution in [0.15, 0.2) is 58.6 Å². The first-order valence-corrected chi connectivity index (χ1v) is 10.5. The number of pyridine rings is 1. The minimum Gasteiger partial charge on any atom is -0.497 e.